The zero-order valence-corrected chi connectivity index (χ0v) is 14.8. The van der Waals surface area contributed by atoms with Gasteiger partial charge in [0.05, 0.1) is 6.04 Å². The van der Waals surface area contributed by atoms with E-state index in [2.05, 4.69) is 10.3 Å². The second-order valence-corrected chi connectivity index (χ2v) is 5.94. The molecule has 27 heavy (non-hydrogen) atoms. The first kappa shape index (κ1) is 18.3. The van der Waals surface area contributed by atoms with Crippen LogP contribution >= 0.6 is 0 Å². The lowest BCUT2D eigenvalue weighted by Gasteiger charge is -2.14. The third kappa shape index (κ3) is 5.25. The van der Waals surface area contributed by atoms with Crippen LogP contribution in [-0.4, -0.2) is 10.9 Å². The van der Waals surface area contributed by atoms with Crippen molar-refractivity contribution >= 4 is 12.0 Å². The number of hydrogen-bond donors (Lipinski definition) is 1. The van der Waals surface area contributed by atoms with E-state index in [-0.39, 0.29) is 17.8 Å². The van der Waals surface area contributed by atoms with E-state index in [9.17, 15) is 9.18 Å². The number of pyridine rings is 1. The summed E-state index contributed by atoms with van der Waals surface area (Å²) >= 11 is 0. The first-order valence-electron chi connectivity index (χ1n) is 8.53. The Balaban J connectivity index is 1.63. The second kappa shape index (κ2) is 8.76. The number of benzene rings is 2. The van der Waals surface area contributed by atoms with Gasteiger partial charge in [-0.05, 0) is 48.9 Å². The molecule has 1 unspecified atom stereocenters. The van der Waals surface area contributed by atoms with Crippen LogP contribution in [0.2, 0.25) is 0 Å². The lowest BCUT2D eigenvalue weighted by atomic mass is 10.1. The molecule has 0 aliphatic heterocycles. The van der Waals surface area contributed by atoms with Gasteiger partial charge in [0.15, 0.2) is 0 Å². The van der Waals surface area contributed by atoms with Crippen molar-refractivity contribution in [3.8, 4) is 11.5 Å². The first-order valence-corrected chi connectivity index (χ1v) is 8.53. The highest BCUT2D eigenvalue weighted by molar-refractivity contribution is 5.92. The Morgan fingerprint density at radius 2 is 1.85 bits per heavy atom. The number of hydrogen-bond acceptors (Lipinski definition) is 3. The molecule has 5 heteroatoms. The minimum Gasteiger partial charge on any atom is -0.457 e. The molecule has 0 bridgehead atoms. The van der Waals surface area contributed by atoms with E-state index >= 15 is 0 Å². The van der Waals surface area contributed by atoms with Crippen LogP contribution in [0.25, 0.3) is 6.08 Å². The van der Waals surface area contributed by atoms with E-state index in [0.717, 1.165) is 5.56 Å². The molecule has 1 aromatic heterocycles. The van der Waals surface area contributed by atoms with Gasteiger partial charge in [-0.25, -0.2) is 4.39 Å². The largest absolute Gasteiger partial charge is 0.457 e. The maximum absolute atomic E-state index is 13.6. The number of carbonyl (C=O) groups is 1. The minimum absolute atomic E-state index is 0.233. The summed E-state index contributed by atoms with van der Waals surface area (Å²) in [6.07, 6.45) is 6.10. The van der Waals surface area contributed by atoms with Crippen LogP contribution in [0.4, 0.5) is 4.39 Å². The Morgan fingerprint density at radius 1 is 1.07 bits per heavy atom. The molecule has 3 rings (SSSR count). The van der Waals surface area contributed by atoms with Crippen LogP contribution in [0.1, 0.15) is 24.1 Å². The molecular formula is C22H19FN2O2. The molecule has 1 amide bonds. The minimum atomic E-state index is -0.365. The van der Waals surface area contributed by atoms with E-state index in [1.807, 2.05) is 31.2 Å². The van der Waals surface area contributed by atoms with Crippen molar-refractivity contribution in [3.63, 3.8) is 0 Å². The third-order valence-corrected chi connectivity index (χ3v) is 3.92. The van der Waals surface area contributed by atoms with Gasteiger partial charge in [0.25, 0.3) is 0 Å². The molecule has 0 saturated carbocycles. The van der Waals surface area contributed by atoms with Gasteiger partial charge in [0.1, 0.15) is 17.3 Å². The van der Waals surface area contributed by atoms with Gasteiger partial charge in [0, 0.05) is 24.0 Å². The molecule has 1 atom stereocenters. The summed E-state index contributed by atoms with van der Waals surface area (Å²) in [5.41, 5.74) is 1.27. The molecular weight excluding hydrogens is 343 g/mol. The molecule has 0 spiro atoms. The van der Waals surface area contributed by atoms with Gasteiger partial charge in [0.2, 0.25) is 5.91 Å². The fourth-order valence-electron chi connectivity index (χ4n) is 2.51. The van der Waals surface area contributed by atoms with Gasteiger partial charge < -0.3 is 10.1 Å². The van der Waals surface area contributed by atoms with Gasteiger partial charge in [-0.2, -0.15) is 0 Å². The highest BCUT2D eigenvalue weighted by Gasteiger charge is 2.09. The van der Waals surface area contributed by atoms with Gasteiger partial charge in [-0.3, -0.25) is 9.78 Å². The Labute approximate surface area is 157 Å². The number of rotatable bonds is 6. The van der Waals surface area contributed by atoms with Crippen molar-refractivity contribution in [1.29, 1.82) is 0 Å². The van der Waals surface area contributed by atoms with Crippen molar-refractivity contribution in [1.82, 2.24) is 10.3 Å². The molecule has 1 heterocycles. The zero-order chi connectivity index (χ0) is 19.1. The summed E-state index contributed by atoms with van der Waals surface area (Å²) in [6, 6.07) is 17.1. The van der Waals surface area contributed by atoms with E-state index < -0.39 is 0 Å². The SMILES string of the molecule is CC(NC(=O)C=Cc1ccccc1F)c1cccc(Oc2ccncc2)c1. The molecule has 0 fully saturated rings. The third-order valence-electron chi connectivity index (χ3n) is 3.92. The molecule has 0 aliphatic carbocycles. The maximum Gasteiger partial charge on any atom is 0.244 e. The number of carbonyl (C=O) groups excluding carboxylic acids is 1. The van der Waals surface area contributed by atoms with Crippen molar-refractivity contribution in [2.75, 3.05) is 0 Å². The van der Waals surface area contributed by atoms with E-state index in [0.29, 0.717) is 17.1 Å². The van der Waals surface area contributed by atoms with Crippen LogP contribution in [-0.2, 0) is 4.79 Å². The van der Waals surface area contributed by atoms with Crippen molar-refractivity contribution in [3.05, 3.63) is 96.1 Å². The monoisotopic (exact) mass is 362 g/mol. The number of halogens is 1. The average molecular weight is 362 g/mol. The number of aromatic nitrogens is 1. The predicted molar refractivity (Wildman–Crippen MR) is 103 cm³/mol. The second-order valence-electron chi connectivity index (χ2n) is 5.94. The molecule has 3 aromatic rings. The molecule has 2 aromatic carbocycles. The van der Waals surface area contributed by atoms with Gasteiger partial charge in [-0.1, -0.05) is 30.3 Å². The summed E-state index contributed by atoms with van der Waals surface area (Å²) in [5.74, 6) is 0.690. The van der Waals surface area contributed by atoms with E-state index in [4.69, 9.17) is 4.74 Å². The van der Waals surface area contributed by atoms with E-state index in [1.165, 1.54) is 18.2 Å². The highest BCUT2D eigenvalue weighted by Crippen LogP contribution is 2.24. The Kier molecular flexibility index (Phi) is 5.94. The molecule has 4 nitrogen and oxygen atoms in total. The Bertz CT molecular complexity index is 942. The number of nitrogens with zero attached hydrogens (tertiary/aromatic N) is 1. The van der Waals surface area contributed by atoms with Gasteiger partial charge in [-0.15, -0.1) is 0 Å². The van der Waals surface area contributed by atoms with Crippen molar-refractivity contribution in [2.45, 2.75) is 13.0 Å². The summed E-state index contributed by atoms with van der Waals surface area (Å²) < 4.78 is 19.4. The lowest BCUT2D eigenvalue weighted by molar-refractivity contribution is -0.117. The van der Waals surface area contributed by atoms with Crippen molar-refractivity contribution < 1.29 is 13.9 Å². The molecule has 1 N–H and O–H groups in total. The summed E-state index contributed by atoms with van der Waals surface area (Å²) in [4.78, 5) is 16.1. The predicted octanol–water partition coefficient (Wildman–Crippen LogP) is 4.90. The van der Waals surface area contributed by atoms with Crippen LogP contribution in [0.15, 0.2) is 79.1 Å². The standard InChI is InChI=1S/C22H19FN2O2/c1-16(25-22(26)10-9-17-5-2-3-8-21(17)23)18-6-4-7-20(15-18)27-19-11-13-24-14-12-19/h2-16H,1H3,(H,25,26). The molecule has 0 radical (unpaired) electrons. The number of nitrogens with one attached hydrogen (secondary N) is 1. The number of amides is 1. The summed E-state index contributed by atoms with van der Waals surface area (Å²) in [6.45, 7) is 1.88. The number of ether oxygens (including phenoxy) is 1. The summed E-state index contributed by atoms with van der Waals surface area (Å²) in [5, 5.41) is 2.86. The van der Waals surface area contributed by atoms with Crippen LogP contribution < -0.4 is 10.1 Å². The Morgan fingerprint density at radius 3 is 2.63 bits per heavy atom. The van der Waals surface area contributed by atoms with Crippen molar-refractivity contribution in [2.24, 2.45) is 0 Å². The quantitative estimate of drug-likeness (QED) is 0.634. The maximum atomic E-state index is 13.6. The Hall–Kier alpha value is -3.47. The highest BCUT2D eigenvalue weighted by atomic mass is 19.1. The van der Waals surface area contributed by atoms with Crippen LogP contribution in [0, 0.1) is 5.82 Å². The summed E-state index contributed by atoms with van der Waals surface area (Å²) in [7, 11) is 0. The average Bonchev–Trinajstić information content (AvgIpc) is 2.68. The normalized spacial score (nSPS) is 11.9. The smallest absolute Gasteiger partial charge is 0.244 e. The van der Waals surface area contributed by atoms with Gasteiger partial charge >= 0.3 is 0 Å². The first-order chi connectivity index (χ1) is 13.1. The van der Waals surface area contributed by atoms with E-state index in [1.54, 1.807) is 42.7 Å². The molecule has 136 valence electrons. The fraction of sp³-hybridized carbons (Fsp3) is 0.0909. The molecule has 0 aliphatic rings. The fourth-order valence-corrected chi connectivity index (χ4v) is 2.51. The molecule has 0 saturated heterocycles. The topological polar surface area (TPSA) is 51.2 Å². The zero-order valence-electron chi connectivity index (χ0n) is 14.8. The lowest BCUT2D eigenvalue weighted by Crippen LogP contribution is -2.24. The van der Waals surface area contributed by atoms with Crippen LogP contribution in [0.5, 0.6) is 11.5 Å². The van der Waals surface area contributed by atoms with Crippen LogP contribution in [0.3, 0.4) is 0 Å².